The van der Waals surface area contributed by atoms with Crippen LogP contribution >= 0.6 is 27.7 Å². The number of anilines is 1. The number of rotatable bonds is 2. The lowest BCUT2D eigenvalue weighted by molar-refractivity contribution is -0.115. The Morgan fingerprint density at radius 3 is 2.85 bits per heavy atom. The van der Waals surface area contributed by atoms with Crippen molar-refractivity contribution in [2.75, 3.05) is 5.32 Å². The molecule has 1 heterocycles. The number of carbonyl (C=O) groups is 1. The maximum atomic E-state index is 12.4. The number of thioether (sulfide) groups is 1. The van der Waals surface area contributed by atoms with Crippen LogP contribution in [0.2, 0.25) is 0 Å². The van der Waals surface area contributed by atoms with Crippen molar-refractivity contribution in [1.29, 1.82) is 0 Å². The molecule has 1 amide bonds. The van der Waals surface area contributed by atoms with Gasteiger partial charge in [-0.1, -0.05) is 34.1 Å². The largest absolute Gasteiger partial charge is 0.325 e. The lowest BCUT2D eigenvalue weighted by Crippen LogP contribution is -2.25. The molecule has 102 valence electrons. The molecule has 0 radical (unpaired) electrons. The molecule has 0 bridgehead atoms. The molecule has 0 fully saturated rings. The fraction of sp³-hybridized carbons (Fsp3) is 0.188. The van der Waals surface area contributed by atoms with Gasteiger partial charge in [0.05, 0.1) is 5.25 Å². The Kier molecular flexibility index (Phi) is 3.85. The standard InChI is InChI=1S/C16H14BrNOS/c1-10-8-12(17)6-7-13(10)18-16(19)15-9-11-4-2-3-5-14(11)20-15/h2-8,15H,9H2,1H3,(H,18,19). The Labute approximate surface area is 131 Å². The summed E-state index contributed by atoms with van der Waals surface area (Å²) in [6.45, 7) is 2.00. The third-order valence-electron chi connectivity index (χ3n) is 3.39. The second-order valence-corrected chi connectivity index (χ2v) is 7.03. The Morgan fingerprint density at radius 1 is 1.30 bits per heavy atom. The number of benzene rings is 2. The zero-order valence-electron chi connectivity index (χ0n) is 11.0. The molecule has 0 aliphatic carbocycles. The third kappa shape index (κ3) is 2.76. The van der Waals surface area contributed by atoms with Gasteiger partial charge in [-0.05, 0) is 48.7 Å². The first-order chi connectivity index (χ1) is 9.63. The molecular formula is C16H14BrNOS. The first kappa shape index (κ1) is 13.7. The van der Waals surface area contributed by atoms with Crippen LogP contribution < -0.4 is 5.32 Å². The van der Waals surface area contributed by atoms with Crippen LogP contribution in [0, 0.1) is 6.92 Å². The number of aryl methyl sites for hydroxylation is 1. The van der Waals surface area contributed by atoms with Crippen molar-refractivity contribution in [2.45, 2.75) is 23.5 Å². The van der Waals surface area contributed by atoms with Crippen LogP contribution in [-0.2, 0) is 11.2 Å². The smallest absolute Gasteiger partial charge is 0.238 e. The molecule has 2 aromatic rings. The molecule has 1 atom stereocenters. The van der Waals surface area contributed by atoms with Crippen LogP contribution in [0.5, 0.6) is 0 Å². The highest BCUT2D eigenvalue weighted by Crippen LogP contribution is 2.37. The highest BCUT2D eigenvalue weighted by Gasteiger charge is 2.28. The molecule has 2 nitrogen and oxygen atoms in total. The highest BCUT2D eigenvalue weighted by atomic mass is 79.9. The van der Waals surface area contributed by atoms with E-state index in [1.165, 1.54) is 10.5 Å². The van der Waals surface area contributed by atoms with E-state index in [0.29, 0.717) is 0 Å². The van der Waals surface area contributed by atoms with Gasteiger partial charge in [0.15, 0.2) is 0 Å². The molecule has 3 rings (SSSR count). The maximum absolute atomic E-state index is 12.4. The van der Waals surface area contributed by atoms with E-state index >= 15 is 0 Å². The molecule has 0 saturated carbocycles. The predicted octanol–water partition coefficient (Wildman–Crippen LogP) is 4.41. The molecular weight excluding hydrogens is 334 g/mol. The summed E-state index contributed by atoms with van der Waals surface area (Å²) < 4.78 is 1.02. The first-order valence-corrected chi connectivity index (χ1v) is 8.12. The molecule has 20 heavy (non-hydrogen) atoms. The Balaban J connectivity index is 1.72. The van der Waals surface area contributed by atoms with Gasteiger partial charge in [-0.3, -0.25) is 4.79 Å². The van der Waals surface area contributed by atoms with Crippen molar-refractivity contribution < 1.29 is 4.79 Å². The van der Waals surface area contributed by atoms with Crippen LogP contribution in [0.4, 0.5) is 5.69 Å². The second-order valence-electron chi connectivity index (χ2n) is 4.87. The minimum Gasteiger partial charge on any atom is -0.325 e. The first-order valence-electron chi connectivity index (χ1n) is 6.45. The highest BCUT2D eigenvalue weighted by molar-refractivity contribution is 9.10. The number of amides is 1. The van der Waals surface area contributed by atoms with Gasteiger partial charge in [0.1, 0.15) is 0 Å². The van der Waals surface area contributed by atoms with Crippen LogP contribution in [0.25, 0.3) is 0 Å². The van der Waals surface area contributed by atoms with Crippen LogP contribution in [0.15, 0.2) is 51.8 Å². The molecule has 1 aliphatic rings. The normalized spacial score (nSPS) is 16.8. The van der Waals surface area contributed by atoms with Crippen LogP contribution in [0.1, 0.15) is 11.1 Å². The lowest BCUT2D eigenvalue weighted by atomic mass is 10.1. The number of nitrogens with one attached hydrogen (secondary N) is 1. The van der Waals surface area contributed by atoms with Gasteiger partial charge in [0.2, 0.25) is 5.91 Å². The Morgan fingerprint density at radius 2 is 2.10 bits per heavy atom. The van der Waals surface area contributed by atoms with E-state index in [-0.39, 0.29) is 11.2 Å². The Hall–Kier alpha value is -1.26. The van der Waals surface area contributed by atoms with Crippen LogP contribution in [-0.4, -0.2) is 11.2 Å². The van der Waals surface area contributed by atoms with E-state index in [1.54, 1.807) is 11.8 Å². The molecule has 1 aliphatic heterocycles. The van der Waals surface area contributed by atoms with Crippen molar-refractivity contribution in [3.8, 4) is 0 Å². The Bertz CT molecular complexity index is 646. The van der Waals surface area contributed by atoms with E-state index < -0.39 is 0 Å². The summed E-state index contributed by atoms with van der Waals surface area (Å²) in [4.78, 5) is 13.6. The SMILES string of the molecule is Cc1cc(Br)ccc1NC(=O)C1Cc2ccccc2S1. The van der Waals surface area contributed by atoms with Crippen molar-refractivity contribution >= 4 is 39.3 Å². The predicted molar refractivity (Wildman–Crippen MR) is 87.3 cm³/mol. The number of hydrogen-bond acceptors (Lipinski definition) is 2. The number of fused-ring (bicyclic) bond motifs is 1. The zero-order chi connectivity index (χ0) is 14.1. The quantitative estimate of drug-likeness (QED) is 0.871. The number of carbonyl (C=O) groups excluding carboxylic acids is 1. The minimum atomic E-state index is -0.0320. The zero-order valence-corrected chi connectivity index (χ0v) is 13.4. The van der Waals surface area contributed by atoms with Gasteiger partial charge in [0, 0.05) is 15.1 Å². The van der Waals surface area contributed by atoms with Gasteiger partial charge in [-0.25, -0.2) is 0 Å². The van der Waals surface area contributed by atoms with Crippen molar-refractivity contribution in [1.82, 2.24) is 0 Å². The summed E-state index contributed by atoms with van der Waals surface area (Å²) in [5.74, 6) is 0.0802. The monoisotopic (exact) mass is 347 g/mol. The van der Waals surface area contributed by atoms with Gasteiger partial charge < -0.3 is 5.32 Å². The van der Waals surface area contributed by atoms with Crippen molar-refractivity contribution in [3.63, 3.8) is 0 Å². The summed E-state index contributed by atoms with van der Waals surface area (Å²) >= 11 is 5.08. The van der Waals surface area contributed by atoms with E-state index in [0.717, 1.165) is 22.1 Å². The molecule has 1 unspecified atom stereocenters. The molecule has 1 N–H and O–H groups in total. The molecule has 2 aromatic carbocycles. The summed E-state index contributed by atoms with van der Waals surface area (Å²) in [7, 11) is 0. The average molecular weight is 348 g/mol. The van der Waals surface area contributed by atoms with E-state index in [4.69, 9.17) is 0 Å². The molecule has 0 spiro atoms. The maximum Gasteiger partial charge on any atom is 0.238 e. The van der Waals surface area contributed by atoms with Crippen LogP contribution in [0.3, 0.4) is 0 Å². The number of hydrogen-bond donors (Lipinski definition) is 1. The third-order valence-corrected chi connectivity index (χ3v) is 5.20. The van der Waals surface area contributed by atoms with Gasteiger partial charge in [-0.2, -0.15) is 0 Å². The van der Waals surface area contributed by atoms with Gasteiger partial charge >= 0.3 is 0 Å². The van der Waals surface area contributed by atoms with Gasteiger partial charge in [0.25, 0.3) is 0 Å². The van der Waals surface area contributed by atoms with E-state index in [9.17, 15) is 4.79 Å². The van der Waals surface area contributed by atoms with Gasteiger partial charge in [-0.15, -0.1) is 11.8 Å². The second kappa shape index (κ2) is 5.62. The summed E-state index contributed by atoms with van der Waals surface area (Å²) in [5.41, 5.74) is 3.22. The molecule has 0 saturated heterocycles. The summed E-state index contributed by atoms with van der Waals surface area (Å²) in [6, 6.07) is 14.1. The van der Waals surface area contributed by atoms with E-state index in [1.807, 2.05) is 37.3 Å². The van der Waals surface area contributed by atoms with E-state index in [2.05, 4.69) is 33.4 Å². The molecule has 4 heteroatoms. The fourth-order valence-electron chi connectivity index (χ4n) is 2.31. The van der Waals surface area contributed by atoms with Crippen molar-refractivity contribution in [3.05, 3.63) is 58.1 Å². The average Bonchev–Trinajstić information content (AvgIpc) is 2.86. The lowest BCUT2D eigenvalue weighted by Gasteiger charge is -2.12. The summed E-state index contributed by atoms with van der Waals surface area (Å²) in [5, 5.41) is 3.00. The number of halogens is 1. The summed E-state index contributed by atoms with van der Waals surface area (Å²) in [6.07, 6.45) is 0.808. The van der Waals surface area contributed by atoms with Crippen molar-refractivity contribution in [2.24, 2.45) is 0 Å². The molecule has 0 aromatic heterocycles. The minimum absolute atomic E-state index is 0.0320. The fourth-order valence-corrected chi connectivity index (χ4v) is 3.98. The topological polar surface area (TPSA) is 29.1 Å².